The normalized spacial score (nSPS) is 23.2. The topological polar surface area (TPSA) is 17.1 Å². The average Bonchev–Trinajstić information content (AvgIpc) is 2.04. The molecule has 0 radical (unpaired) electrons. The third-order valence-electron chi connectivity index (χ3n) is 2.96. The van der Waals surface area contributed by atoms with Crippen LogP contribution in [0.15, 0.2) is 23.3 Å². The van der Waals surface area contributed by atoms with Gasteiger partial charge < -0.3 is 0 Å². The number of Topliss-reactive ketones (excluding diaryl/α,β-unsaturated/α-hetero) is 1. The van der Waals surface area contributed by atoms with Gasteiger partial charge in [0.2, 0.25) is 0 Å². The van der Waals surface area contributed by atoms with E-state index in [0.717, 1.165) is 24.8 Å². The average molecular weight is 178 g/mol. The summed E-state index contributed by atoms with van der Waals surface area (Å²) in [5, 5.41) is 0. The van der Waals surface area contributed by atoms with Crippen LogP contribution in [0.3, 0.4) is 0 Å². The van der Waals surface area contributed by atoms with Crippen molar-refractivity contribution in [1.82, 2.24) is 0 Å². The second-order valence-corrected chi connectivity index (χ2v) is 4.10. The van der Waals surface area contributed by atoms with E-state index in [4.69, 9.17) is 0 Å². The summed E-state index contributed by atoms with van der Waals surface area (Å²) >= 11 is 0. The van der Waals surface area contributed by atoms with Gasteiger partial charge in [-0.3, -0.25) is 4.79 Å². The molecule has 1 rings (SSSR count). The number of carbonyl (C=O) groups is 1. The van der Waals surface area contributed by atoms with Gasteiger partial charge in [-0.25, -0.2) is 0 Å². The van der Waals surface area contributed by atoms with Gasteiger partial charge in [-0.1, -0.05) is 17.7 Å². The second-order valence-electron chi connectivity index (χ2n) is 4.10. The largest absolute Gasteiger partial charge is 0.295 e. The van der Waals surface area contributed by atoms with Crippen LogP contribution in [0.2, 0.25) is 0 Å². The van der Waals surface area contributed by atoms with Gasteiger partial charge in [-0.05, 0) is 51.5 Å². The van der Waals surface area contributed by atoms with Crippen LogP contribution >= 0.6 is 0 Å². The van der Waals surface area contributed by atoms with Gasteiger partial charge in [0.1, 0.15) is 0 Å². The summed E-state index contributed by atoms with van der Waals surface area (Å²) in [6.45, 7) is 9.76. The lowest BCUT2D eigenvalue weighted by atomic mass is 9.80. The molecule has 0 saturated heterocycles. The Balaban J connectivity index is 2.82. The van der Waals surface area contributed by atoms with Gasteiger partial charge >= 0.3 is 0 Å². The molecule has 1 atom stereocenters. The maximum Gasteiger partial charge on any atom is 0.155 e. The van der Waals surface area contributed by atoms with E-state index in [1.807, 2.05) is 0 Å². The fraction of sp³-hybridized carbons (Fsp3) is 0.583. The molecule has 1 nitrogen and oxygen atoms in total. The summed E-state index contributed by atoms with van der Waals surface area (Å²) in [5.41, 5.74) is 3.54. The molecule has 0 aliphatic heterocycles. The third kappa shape index (κ3) is 2.30. The quantitative estimate of drug-likeness (QED) is 0.593. The van der Waals surface area contributed by atoms with Crippen molar-refractivity contribution in [3.8, 4) is 0 Å². The molecule has 0 unspecified atom stereocenters. The molecule has 0 fully saturated rings. The van der Waals surface area contributed by atoms with Crippen molar-refractivity contribution in [3.63, 3.8) is 0 Å². The van der Waals surface area contributed by atoms with Crippen LogP contribution < -0.4 is 0 Å². The summed E-state index contributed by atoms with van der Waals surface area (Å²) in [6, 6.07) is 0. The van der Waals surface area contributed by atoms with E-state index >= 15 is 0 Å². The van der Waals surface area contributed by atoms with E-state index in [1.165, 1.54) is 11.1 Å². The Morgan fingerprint density at radius 3 is 2.54 bits per heavy atom. The van der Waals surface area contributed by atoms with Crippen LogP contribution in [0.25, 0.3) is 0 Å². The maximum absolute atomic E-state index is 11.3. The maximum atomic E-state index is 11.3. The molecule has 0 heterocycles. The molecule has 1 heteroatoms. The summed E-state index contributed by atoms with van der Waals surface area (Å²) in [4.78, 5) is 11.3. The molecule has 0 spiro atoms. The molecule has 0 N–H and O–H groups in total. The Kier molecular flexibility index (Phi) is 3.07. The van der Waals surface area contributed by atoms with Crippen molar-refractivity contribution < 1.29 is 4.79 Å². The first-order chi connectivity index (χ1) is 6.02. The predicted molar refractivity (Wildman–Crippen MR) is 55.5 cm³/mol. The van der Waals surface area contributed by atoms with Gasteiger partial charge in [0, 0.05) is 0 Å². The van der Waals surface area contributed by atoms with E-state index in [-0.39, 0.29) is 5.78 Å². The monoisotopic (exact) mass is 178 g/mol. The zero-order chi connectivity index (χ0) is 10.0. The molecule has 0 aromatic rings. The Bertz CT molecular complexity index is 271. The zero-order valence-corrected chi connectivity index (χ0v) is 8.81. The smallest absolute Gasteiger partial charge is 0.155 e. The van der Waals surface area contributed by atoms with Crippen molar-refractivity contribution >= 4 is 5.78 Å². The minimum absolute atomic E-state index is 0.239. The van der Waals surface area contributed by atoms with Gasteiger partial charge in [0.15, 0.2) is 5.78 Å². The van der Waals surface area contributed by atoms with Crippen LogP contribution in [0.5, 0.6) is 0 Å². The highest BCUT2D eigenvalue weighted by Gasteiger charge is 2.21. The summed E-state index contributed by atoms with van der Waals surface area (Å²) in [7, 11) is 0. The first kappa shape index (κ1) is 10.2. The molecule has 0 aromatic carbocycles. The fourth-order valence-electron chi connectivity index (χ4n) is 1.93. The molecule has 0 aromatic heterocycles. The molecule has 13 heavy (non-hydrogen) atoms. The van der Waals surface area contributed by atoms with Gasteiger partial charge in [-0.2, -0.15) is 0 Å². The van der Waals surface area contributed by atoms with E-state index in [2.05, 4.69) is 20.4 Å². The van der Waals surface area contributed by atoms with E-state index < -0.39 is 0 Å². The van der Waals surface area contributed by atoms with Gasteiger partial charge in [0.25, 0.3) is 0 Å². The first-order valence-electron chi connectivity index (χ1n) is 4.87. The Morgan fingerprint density at radius 1 is 1.46 bits per heavy atom. The molecule has 1 aliphatic rings. The van der Waals surface area contributed by atoms with E-state index in [1.54, 1.807) is 6.92 Å². The molecule has 1 aliphatic carbocycles. The van der Waals surface area contributed by atoms with Gasteiger partial charge in [-0.15, -0.1) is 0 Å². The lowest BCUT2D eigenvalue weighted by Crippen LogP contribution is -2.14. The number of allylic oxidation sites excluding steroid dienone is 3. The van der Waals surface area contributed by atoms with Crippen LogP contribution in [-0.2, 0) is 4.79 Å². The van der Waals surface area contributed by atoms with Crippen LogP contribution in [0.4, 0.5) is 0 Å². The number of hydrogen-bond donors (Lipinski definition) is 0. The van der Waals surface area contributed by atoms with Crippen molar-refractivity contribution in [2.75, 3.05) is 0 Å². The second kappa shape index (κ2) is 3.91. The van der Waals surface area contributed by atoms with Crippen molar-refractivity contribution in [3.05, 3.63) is 23.3 Å². The fourth-order valence-corrected chi connectivity index (χ4v) is 1.93. The lowest BCUT2D eigenvalue weighted by molar-refractivity contribution is -0.113. The van der Waals surface area contributed by atoms with Crippen LogP contribution in [-0.4, -0.2) is 5.78 Å². The number of ketones is 1. The van der Waals surface area contributed by atoms with E-state index in [9.17, 15) is 4.79 Å². The molecule has 72 valence electrons. The standard InChI is InChI=1S/C12H18O/c1-8(2)11-6-5-9(3)12(7-11)10(4)13/h11H,1,5-7H2,2-4H3/t11-/m1/s1. The highest BCUT2D eigenvalue weighted by atomic mass is 16.1. The number of rotatable bonds is 2. The molecular weight excluding hydrogens is 160 g/mol. The lowest BCUT2D eigenvalue weighted by Gasteiger charge is -2.24. The van der Waals surface area contributed by atoms with Gasteiger partial charge in [0.05, 0.1) is 0 Å². The minimum atomic E-state index is 0.239. The minimum Gasteiger partial charge on any atom is -0.295 e. The van der Waals surface area contributed by atoms with E-state index in [0.29, 0.717) is 5.92 Å². The Labute approximate surface area is 80.5 Å². The molecule has 0 bridgehead atoms. The predicted octanol–water partition coefficient (Wildman–Crippen LogP) is 3.27. The Hall–Kier alpha value is -0.850. The highest BCUT2D eigenvalue weighted by Crippen LogP contribution is 2.33. The zero-order valence-electron chi connectivity index (χ0n) is 8.81. The summed E-state index contributed by atoms with van der Waals surface area (Å²) < 4.78 is 0. The molecule has 0 saturated carbocycles. The first-order valence-corrected chi connectivity index (χ1v) is 4.87. The van der Waals surface area contributed by atoms with Crippen LogP contribution in [0.1, 0.15) is 40.0 Å². The third-order valence-corrected chi connectivity index (χ3v) is 2.96. The number of hydrogen-bond acceptors (Lipinski definition) is 1. The number of carbonyl (C=O) groups excluding carboxylic acids is 1. The molecular formula is C12H18O. The highest BCUT2D eigenvalue weighted by molar-refractivity contribution is 5.94. The SMILES string of the molecule is C=C(C)[C@@H]1CCC(C)=C(C(C)=O)C1. The Morgan fingerprint density at radius 2 is 2.08 bits per heavy atom. The summed E-state index contributed by atoms with van der Waals surface area (Å²) in [5.74, 6) is 0.769. The van der Waals surface area contributed by atoms with Crippen molar-refractivity contribution in [2.45, 2.75) is 40.0 Å². The van der Waals surface area contributed by atoms with Crippen molar-refractivity contribution in [2.24, 2.45) is 5.92 Å². The molecule has 0 amide bonds. The van der Waals surface area contributed by atoms with Crippen molar-refractivity contribution in [1.29, 1.82) is 0 Å². The summed E-state index contributed by atoms with van der Waals surface area (Å²) in [6.07, 6.45) is 3.14. The van der Waals surface area contributed by atoms with Crippen LogP contribution in [0, 0.1) is 5.92 Å².